The molecule has 4 nitrogen and oxygen atoms in total. The molecule has 100 valence electrons. The Morgan fingerprint density at radius 1 is 1.47 bits per heavy atom. The van der Waals surface area contributed by atoms with E-state index >= 15 is 0 Å². The number of piperidine rings is 1. The van der Waals surface area contributed by atoms with E-state index in [-0.39, 0.29) is 6.04 Å². The van der Waals surface area contributed by atoms with Crippen LogP contribution in [-0.4, -0.2) is 48.2 Å². The van der Waals surface area contributed by atoms with E-state index in [0.717, 1.165) is 25.4 Å². The van der Waals surface area contributed by atoms with Crippen LogP contribution in [0.5, 0.6) is 0 Å². The molecular formula is C13H26N2O2. The second-order valence-corrected chi connectivity index (χ2v) is 5.13. The fourth-order valence-corrected chi connectivity index (χ4v) is 2.27. The number of hydrogen-bond acceptors (Lipinski definition) is 3. The van der Waals surface area contributed by atoms with Gasteiger partial charge < -0.3 is 15.3 Å². The maximum Gasteiger partial charge on any atom is 0.320 e. The van der Waals surface area contributed by atoms with E-state index in [9.17, 15) is 4.79 Å². The van der Waals surface area contributed by atoms with Crippen molar-refractivity contribution < 1.29 is 9.90 Å². The summed E-state index contributed by atoms with van der Waals surface area (Å²) in [5.74, 6) is 0.139. The molecule has 0 saturated carbocycles. The highest BCUT2D eigenvalue weighted by Gasteiger charge is 2.16. The molecule has 0 bridgehead atoms. The second kappa shape index (κ2) is 7.67. The van der Waals surface area contributed by atoms with Crippen LogP contribution in [-0.2, 0) is 4.79 Å². The van der Waals surface area contributed by atoms with Crippen LogP contribution < -0.4 is 5.32 Å². The Bertz CT molecular complexity index is 225. The van der Waals surface area contributed by atoms with Crippen molar-refractivity contribution in [2.24, 2.45) is 5.92 Å². The molecule has 0 amide bonds. The molecule has 0 aliphatic carbocycles. The third kappa shape index (κ3) is 5.50. The molecule has 1 unspecified atom stereocenters. The molecule has 1 heterocycles. The predicted octanol–water partition coefficient (Wildman–Crippen LogP) is 1.56. The van der Waals surface area contributed by atoms with E-state index in [2.05, 4.69) is 17.1 Å². The van der Waals surface area contributed by atoms with Gasteiger partial charge in [0.05, 0.1) is 0 Å². The van der Waals surface area contributed by atoms with Gasteiger partial charge in [0.15, 0.2) is 0 Å². The first kappa shape index (κ1) is 14.5. The summed E-state index contributed by atoms with van der Waals surface area (Å²) in [6.07, 6.45) is 4.30. The summed E-state index contributed by atoms with van der Waals surface area (Å²) in [5.41, 5.74) is 0. The SMILES string of the molecule is CCC(NCCCN1CCC(C)CC1)C(=O)O. The Morgan fingerprint density at radius 3 is 2.65 bits per heavy atom. The zero-order valence-corrected chi connectivity index (χ0v) is 11.1. The van der Waals surface area contributed by atoms with Gasteiger partial charge in [0.1, 0.15) is 6.04 Å². The number of likely N-dealkylation sites (tertiary alicyclic amines) is 1. The van der Waals surface area contributed by atoms with Crippen molar-refractivity contribution in [3.05, 3.63) is 0 Å². The molecule has 1 fully saturated rings. The molecule has 17 heavy (non-hydrogen) atoms. The lowest BCUT2D eigenvalue weighted by Crippen LogP contribution is -2.39. The van der Waals surface area contributed by atoms with E-state index in [1.807, 2.05) is 6.92 Å². The lowest BCUT2D eigenvalue weighted by Gasteiger charge is -2.30. The monoisotopic (exact) mass is 242 g/mol. The van der Waals surface area contributed by atoms with Crippen LogP contribution >= 0.6 is 0 Å². The fraction of sp³-hybridized carbons (Fsp3) is 0.923. The molecule has 1 aliphatic heterocycles. The van der Waals surface area contributed by atoms with Gasteiger partial charge in [-0.15, -0.1) is 0 Å². The third-order valence-corrected chi connectivity index (χ3v) is 3.62. The standard InChI is InChI=1S/C13H26N2O2/c1-3-12(13(16)17)14-7-4-8-15-9-5-11(2)6-10-15/h11-12,14H,3-10H2,1-2H3,(H,16,17). The Hall–Kier alpha value is -0.610. The smallest absolute Gasteiger partial charge is 0.320 e. The van der Waals surface area contributed by atoms with Crippen molar-refractivity contribution in [2.45, 2.75) is 45.6 Å². The average Bonchev–Trinajstić information content (AvgIpc) is 2.31. The van der Waals surface area contributed by atoms with Gasteiger partial charge in [-0.3, -0.25) is 4.79 Å². The van der Waals surface area contributed by atoms with Crippen LogP contribution in [0.15, 0.2) is 0 Å². The van der Waals surface area contributed by atoms with Gasteiger partial charge in [-0.05, 0) is 57.8 Å². The maximum atomic E-state index is 10.8. The number of carbonyl (C=O) groups is 1. The lowest BCUT2D eigenvalue weighted by molar-refractivity contribution is -0.139. The van der Waals surface area contributed by atoms with Gasteiger partial charge in [0.2, 0.25) is 0 Å². The van der Waals surface area contributed by atoms with Crippen LogP contribution in [0.25, 0.3) is 0 Å². The first-order chi connectivity index (χ1) is 8.13. The maximum absolute atomic E-state index is 10.8. The number of carboxylic acids is 1. The Kier molecular flexibility index (Phi) is 6.52. The van der Waals surface area contributed by atoms with Crippen LogP contribution in [0.2, 0.25) is 0 Å². The third-order valence-electron chi connectivity index (χ3n) is 3.62. The highest BCUT2D eigenvalue weighted by Crippen LogP contribution is 2.15. The van der Waals surface area contributed by atoms with E-state index in [4.69, 9.17) is 5.11 Å². The molecule has 0 aromatic rings. The van der Waals surface area contributed by atoms with Crippen LogP contribution in [0.4, 0.5) is 0 Å². The van der Waals surface area contributed by atoms with Crippen molar-refractivity contribution in [3.63, 3.8) is 0 Å². The number of aliphatic carboxylic acids is 1. The fourth-order valence-electron chi connectivity index (χ4n) is 2.27. The molecule has 1 aliphatic rings. The minimum Gasteiger partial charge on any atom is -0.480 e. The Morgan fingerprint density at radius 2 is 2.12 bits per heavy atom. The largest absolute Gasteiger partial charge is 0.480 e. The van der Waals surface area contributed by atoms with E-state index in [1.165, 1.54) is 25.9 Å². The normalized spacial score (nSPS) is 20.4. The van der Waals surface area contributed by atoms with Crippen LogP contribution in [0.1, 0.15) is 39.5 Å². The van der Waals surface area contributed by atoms with Gasteiger partial charge in [0, 0.05) is 0 Å². The number of rotatable bonds is 7. The first-order valence-electron chi connectivity index (χ1n) is 6.82. The van der Waals surface area contributed by atoms with Crippen LogP contribution in [0, 0.1) is 5.92 Å². The van der Waals surface area contributed by atoms with Crippen LogP contribution in [0.3, 0.4) is 0 Å². The minimum absolute atomic E-state index is 0.378. The molecule has 0 aromatic carbocycles. The number of hydrogen-bond donors (Lipinski definition) is 2. The zero-order chi connectivity index (χ0) is 12.7. The summed E-state index contributed by atoms with van der Waals surface area (Å²) in [6, 6.07) is -0.378. The topological polar surface area (TPSA) is 52.6 Å². The predicted molar refractivity (Wildman–Crippen MR) is 69.2 cm³/mol. The highest BCUT2D eigenvalue weighted by atomic mass is 16.4. The van der Waals surface area contributed by atoms with Gasteiger partial charge >= 0.3 is 5.97 Å². The molecular weight excluding hydrogens is 216 g/mol. The van der Waals surface area contributed by atoms with E-state index in [1.54, 1.807) is 0 Å². The molecule has 2 N–H and O–H groups in total. The Labute approximate surface area is 104 Å². The lowest BCUT2D eigenvalue weighted by atomic mass is 9.99. The summed E-state index contributed by atoms with van der Waals surface area (Å²) in [4.78, 5) is 13.3. The number of carboxylic acid groups (broad SMARTS) is 1. The summed E-state index contributed by atoms with van der Waals surface area (Å²) >= 11 is 0. The van der Waals surface area contributed by atoms with Gasteiger partial charge in [-0.1, -0.05) is 13.8 Å². The quantitative estimate of drug-likeness (QED) is 0.665. The van der Waals surface area contributed by atoms with E-state index < -0.39 is 5.97 Å². The van der Waals surface area contributed by atoms with Crippen molar-refractivity contribution >= 4 is 5.97 Å². The minimum atomic E-state index is -0.737. The van der Waals surface area contributed by atoms with Gasteiger partial charge in [-0.2, -0.15) is 0 Å². The molecule has 1 saturated heterocycles. The molecule has 0 spiro atoms. The van der Waals surface area contributed by atoms with Crippen molar-refractivity contribution in [3.8, 4) is 0 Å². The number of nitrogens with one attached hydrogen (secondary N) is 1. The number of nitrogens with zero attached hydrogens (tertiary/aromatic N) is 1. The summed E-state index contributed by atoms with van der Waals surface area (Å²) in [6.45, 7) is 8.52. The van der Waals surface area contributed by atoms with Gasteiger partial charge in [-0.25, -0.2) is 0 Å². The second-order valence-electron chi connectivity index (χ2n) is 5.13. The summed E-state index contributed by atoms with van der Waals surface area (Å²) < 4.78 is 0. The highest BCUT2D eigenvalue weighted by molar-refractivity contribution is 5.73. The zero-order valence-electron chi connectivity index (χ0n) is 11.1. The molecule has 4 heteroatoms. The van der Waals surface area contributed by atoms with Gasteiger partial charge in [0.25, 0.3) is 0 Å². The molecule has 0 aromatic heterocycles. The van der Waals surface area contributed by atoms with Crippen molar-refractivity contribution in [1.82, 2.24) is 10.2 Å². The first-order valence-corrected chi connectivity index (χ1v) is 6.82. The summed E-state index contributed by atoms with van der Waals surface area (Å²) in [5, 5.41) is 12.0. The van der Waals surface area contributed by atoms with Crippen molar-refractivity contribution in [2.75, 3.05) is 26.2 Å². The molecule has 1 atom stereocenters. The molecule has 0 radical (unpaired) electrons. The Balaban J connectivity index is 2.05. The van der Waals surface area contributed by atoms with E-state index in [0.29, 0.717) is 6.42 Å². The summed E-state index contributed by atoms with van der Waals surface area (Å²) in [7, 11) is 0. The molecule has 1 rings (SSSR count). The van der Waals surface area contributed by atoms with Crippen molar-refractivity contribution in [1.29, 1.82) is 0 Å². The average molecular weight is 242 g/mol.